The molecule has 18 heavy (non-hydrogen) atoms. The summed E-state index contributed by atoms with van der Waals surface area (Å²) >= 11 is 0. The SMILES string of the molecule is CCOc1cccnc1NCC(C)(C)CN(C)C. The molecule has 1 heterocycles. The van der Waals surface area contributed by atoms with Crippen LogP contribution in [0.3, 0.4) is 0 Å². The molecule has 0 saturated carbocycles. The number of rotatable bonds is 7. The maximum Gasteiger partial charge on any atom is 0.168 e. The quantitative estimate of drug-likeness (QED) is 0.808. The van der Waals surface area contributed by atoms with Crippen molar-refractivity contribution >= 4 is 5.82 Å². The zero-order chi connectivity index (χ0) is 13.6. The molecular formula is C14H25N3O. The summed E-state index contributed by atoms with van der Waals surface area (Å²) in [5.41, 5.74) is 0.185. The number of ether oxygens (including phenoxy) is 1. The molecule has 0 amide bonds. The van der Waals surface area contributed by atoms with Crippen LogP contribution in [0.25, 0.3) is 0 Å². The van der Waals surface area contributed by atoms with Gasteiger partial charge >= 0.3 is 0 Å². The van der Waals surface area contributed by atoms with Crippen LogP contribution < -0.4 is 10.1 Å². The number of hydrogen-bond donors (Lipinski definition) is 1. The molecule has 4 nitrogen and oxygen atoms in total. The Kier molecular flexibility index (Phi) is 5.41. The summed E-state index contributed by atoms with van der Waals surface area (Å²) in [7, 11) is 4.18. The number of nitrogens with one attached hydrogen (secondary N) is 1. The molecule has 1 N–H and O–H groups in total. The molecule has 0 unspecified atom stereocenters. The molecule has 4 heteroatoms. The van der Waals surface area contributed by atoms with Crippen molar-refractivity contribution in [3.63, 3.8) is 0 Å². The van der Waals surface area contributed by atoms with Gasteiger partial charge in [-0.15, -0.1) is 0 Å². The third-order valence-corrected chi connectivity index (χ3v) is 2.55. The summed E-state index contributed by atoms with van der Waals surface area (Å²) in [6, 6.07) is 3.83. The molecule has 0 atom stereocenters. The number of aromatic nitrogens is 1. The molecule has 102 valence electrons. The predicted molar refractivity (Wildman–Crippen MR) is 76.2 cm³/mol. The van der Waals surface area contributed by atoms with Crippen LogP contribution >= 0.6 is 0 Å². The van der Waals surface area contributed by atoms with Crippen molar-refractivity contribution in [2.24, 2.45) is 5.41 Å². The smallest absolute Gasteiger partial charge is 0.168 e. The summed E-state index contributed by atoms with van der Waals surface area (Å²) in [5.74, 6) is 1.65. The zero-order valence-corrected chi connectivity index (χ0v) is 12.2. The van der Waals surface area contributed by atoms with Crippen molar-refractivity contribution in [1.82, 2.24) is 9.88 Å². The summed E-state index contributed by atoms with van der Waals surface area (Å²) < 4.78 is 5.55. The largest absolute Gasteiger partial charge is 0.490 e. The molecule has 1 aromatic heterocycles. The highest BCUT2D eigenvalue weighted by molar-refractivity contribution is 5.49. The van der Waals surface area contributed by atoms with Crippen molar-refractivity contribution in [3.05, 3.63) is 18.3 Å². The second kappa shape index (κ2) is 6.59. The van der Waals surface area contributed by atoms with Crippen LogP contribution in [0.5, 0.6) is 5.75 Å². The third-order valence-electron chi connectivity index (χ3n) is 2.55. The Bertz CT molecular complexity index is 364. The average Bonchev–Trinajstić information content (AvgIpc) is 2.27. The van der Waals surface area contributed by atoms with Gasteiger partial charge in [-0.1, -0.05) is 13.8 Å². The van der Waals surface area contributed by atoms with Crippen LogP contribution in [-0.2, 0) is 0 Å². The lowest BCUT2D eigenvalue weighted by atomic mass is 9.93. The Morgan fingerprint density at radius 2 is 2.11 bits per heavy atom. The first-order valence-corrected chi connectivity index (χ1v) is 6.41. The van der Waals surface area contributed by atoms with Crippen LogP contribution in [0, 0.1) is 5.41 Å². The maximum absolute atomic E-state index is 5.55. The number of nitrogens with zero attached hydrogens (tertiary/aromatic N) is 2. The van der Waals surface area contributed by atoms with Gasteiger partial charge < -0.3 is 15.0 Å². The van der Waals surface area contributed by atoms with Gasteiger partial charge in [0.05, 0.1) is 6.61 Å². The van der Waals surface area contributed by atoms with E-state index in [1.807, 2.05) is 19.1 Å². The van der Waals surface area contributed by atoms with E-state index in [0.29, 0.717) is 6.61 Å². The summed E-state index contributed by atoms with van der Waals surface area (Å²) in [4.78, 5) is 6.53. The van der Waals surface area contributed by atoms with Crippen LogP contribution in [0.1, 0.15) is 20.8 Å². The van der Waals surface area contributed by atoms with E-state index in [-0.39, 0.29) is 5.41 Å². The first-order valence-electron chi connectivity index (χ1n) is 6.41. The lowest BCUT2D eigenvalue weighted by Crippen LogP contribution is -2.34. The highest BCUT2D eigenvalue weighted by Gasteiger charge is 2.19. The molecule has 0 radical (unpaired) electrons. The molecule has 0 bridgehead atoms. The Balaban J connectivity index is 2.62. The maximum atomic E-state index is 5.55. The third kappa shape index (κ3) is 4.92. The first-order chi connectivity index (χ1) is 8.44. The monoisotopic (exact) mass is 251 g/mol. The van der Waals surface area contributed by atoms with Crippen LogP contribution in [0.4, 0.5) is 5.82 Å². The first kappa shape index (κ1) is 14.8. The van der Waals surface area contributed by atoms with E-state index in [2.05, 4.69) is 43.1 Å². The van der Waals surface area contributed by atoms with Gasteiger partial charge in [-0.2, -0.15) is 0 Å². The van der Waals surface area contributed by atoms with E-state index in [4.69, 9.17) is 4.74 Å². The molecule has 0 fully saturated rings. The van der Waals surface area contributed by atoms with E-state index in [1.165, 1.54) is 0 Å². The van der Waals surface area contributed by atoms with Gasteiger partial charge in [0.25, 0.3) is 0 Å². The lowest BCUT2D eigenvalue weighted by molar-refractivity contribution is 0.253. The molecule has 1 aromatic rings. The minimum atomic E-state index is 0.185. The Morgan fingerprint density at radius 1 is 1.39 bits per heavy atom. The van der Waals surface area contributed by atoms with E-state index in [0.717, 1.165) is 24.7 Å². The second-order valence-corrected chi connectivity index (χ2v) is 5.54. The average molecular weight is 251 g/mol. The lowest BCUT2D eigenvalue weighted by Gasteiger charge is -2.28. The highest BCUT2D eigenvalue weighted by atomic mass is 16.5. The molecule has 0 aliphatic rings. The van der Waals surface area contributed by atoms with E-state index < -0.39 is 0 Å². The van der Waals surface area contributed by atoms with Gasteiger partial charge in [0.15, 0.2) is 11.6 Å². The number of pyridine rings is 1. The molecular weight excluding hydrogens is 226 g/mol. The van der Waals surface area contributed by atoms with Gasteiger partial charge in [-0.3, -0.25) is 0 Å². The minimum absolute atomic E-state index is 0.185. The number of hydrogen-bond acceptors (Lipinski definition) is 4. The molecule has 1 rings (SSSR count). The Morgan fingerprint density at radius 3 is 2.72 bits per heavy atom. The van der Waals surface area contributed by atoms with Crippen LogP contribution in [-0.4, -0.2) is 43.7 Å². The van der Waals surface area contributed by atoms with Crippen molar-refractivity contribution in [1.29, 1.82) is 0 Å². The molecule has 0 aliphatic heterocycles. The van der Waals surface area contributed by atoms with Gasteiger partial charge in [-0.05, 0) is 38.6 Å². The highest BCUT2D eigenvalue weighted by Crippen LogP contribution is 2.23. The van der Waals surface area contributed by atoms with Gasteiger partial charge in [-0.25, -0.2) is 4.98 Å². The summed E-state index contributed by atoms with van der Waals surface area (Å²) in [5, 5.41) is 3.38. The molecule has 0 spiro atoms. The van der Waals surface area contributed by atoms with Gasteiger partial charge in [0, 0.05) is 19.3 Å². The Hall–Kier alpha value is -1.29. The van der Waals surface area contributed by atoms with Gasteiger partial charge in [0.2, 0.25) is 0 Å². The summed E-state index contributed by atoms with van der Waals surface area (Å²) in [6.07, 6.45) is 1.78. The van der Waals surface area contributed by atoms with Crippen molar-refractivity contribution in [3.8, 4) is 5.75 Å². The van der Waals surface area contributed by atoms with E-state index in [1.54, 1.807) is 6.20 Å². The normalized spacial score (nSPS) is 11.7. The van der Waals surface area contributed by atoms with Crippen LogP contribution in [0.15, 0.2) is 18.3 Å². The fraction of sp³-hybridized carbons (Fsp3) is 0.643. The predicted octanol–water partition coefficient (Wildman–Crippen LogP) is 2.48. The zero-order valence-electron chi connectivity index (χ0n) is 12.2. The Labute approximate surface area is 110 Å². The van der Waals surface area contributed by atoms with Crippen molar-refractivity contribution in [2.75, 3.05) is 39.1 Å². The standard InChI is InChI=1S/C14H25N3O/c1-6-18-12-8-7-9-15-13(12)16-10-14(2,3)11-17(4)5/h7-9H,6,10-11H2,1-5H3,(H,15,16). The van der Waals surface area contributed by atoms with Crippen LogP contribution in [0.2, 0.25) is 0 Å². The summed E-state index contributed by atoms with van der Waals surface area (Å²) in [6.45, 7) is 9.00. The van der Waals surface area contributed by atoms with E-state index in [9.17, 15) is 0 Å². The second-order valence-electron chi connectivity index (χ2n) is 5.54. The molecule has 0 aliphatic carbocycles. The molecule has 0 aromatic carbocycles. The minimum Gasteiger partial charge on any atom is -0.490 e. The topological polar surface area (TPSA) is 37.4 Å². The fourth-order valence-corrected chi connectivity index (χ4v) is 2.03. The van der Waals surface area contributed by atoms with Crippen molar-refractivity contribution < 1.29 is 4.74 Å². The number of anilines is 1. The van der Waals surface area contributed by atoms with Gasteiger partial charge in [0.1, 0.15) is 0 Å². The molecule has 0 saturated heterocycles. The fourth-order valence-electron chi connectivity index (χ4n) is 2.03. The van der Waals surface area contributed by atoms with E-state index >= 15 is 0 Å². The van der Waals surface area contributed by atoms with Crippen molar-refractivity contribution in [2.45, 2.75) is 20.8 Å².